The van der Waals surface area contributed by atoms with Crippen molar-refractivity contribution in [3.05, 3.63) is 66.2 Å². The zero-order valence-electron chi connectivity index (χ0n) is 17.4. The molecular formula is C23H17F3N2O4S. The molecule has 0 aliphatic rings. The maximum absolute atomic E-state index is 12.7. The summed E-state index contributed by atoms with van der Waals surface area (Å²) >= 11 is 1.51. The number of alkyl halides is 3. The van der Waals surface area contributed by atoms with Crippen molar-refractivity contribution in [1.82, 2.24) is 4.98 Å². The average molecular weight is 474 g/mol. The SMILES string of the molecule is COc1ccc2nc(-c3ccc(NC(=O)c4cc(OC(F)(F)F)ccc4OC)cc3)sc2c1. The van der Waals surface area contributed by atoms with Crippen LogP contribution in [0.5, 0.6) is 17.2 Å². The minimum Gasteiger partial charge on any atom is -0.497 e. The fraction of sp³-hybridized carbons (Fsp3) is 0.130. The lowest BCUT2D eigenvalue weighted by Gasteiger charge is -2.13. The van der Waals surface area contributed by atoms with Crippen LogP contribution in [0.4, 0.5) is 18.9 Å². The van der Waals surface area contributed by atoms with Crippen LogP contribution in [0, 0.1) is 0 Å². The van der Waals surface area contributed by atoms with Crippen LogP contribution >= 0.6 is 11.3 Å². The summed E-state index contributed by atoms with van der Waals surface area (Å²) in [5.74, 6) is -0.296. The number of fused-ring (bicyclic) bond motifs is 1. The highest BCUT2D eigenvalue weighted by atomic mass is 32.1. The molecule has 10 heteroatoms. The molecule has 1 amide bonds. The minimum atomic E-state index is -4.87. The lowest BCUT2D eigenvalue weighted by molar-refractivity contribution is -0.274. The standard InChI is InChI=1S/C23H17F3N2O4S/c1-30-15-7-9-18-20(12-15)33-22(28-18)13-3-5-14(6-4-13)27-21(29)17-11-16(32-23(24,25)26)8-10-19(17)31-2/h3-12H,1-2H3,(H,27,29). The summed E-state index contributed by atoms with van der Waals surface area (Å²) in [6.45, 7) is 0. The number of anilines is 1. The summed E-state index contributed by atoms with van der Waals surface area (Å²) in [7, 11) is 2.92. The first-order valence-corrected chi connectivity index (χ1v) is 10.4. The summed E-state index contributed by atoms with van der Waals surface area (Å²) in [6, 6.07) is 15.9. The number of ether oxygens (including phenoxy) is 3. The Bertz CT molecular complexity index is 1300. The smallest absolute Gasteiger partial charge is 0.497 e. The summed E-state index contributed by atoms with van der Waals surface area (Å²) in [4.78, 5) is 17.3. The van der Waals surface area contributed by atoms with Crippen LogP contribution in [0.15, 0.2) is 60.7 Å². The van der Waals surface area contributed by atoms with E-state index in [1.165, 1.54) is 24.5 Å². The van der Waals surface area contributed by atoms with E-state index < -0.39 is 18.0 Å². The van der Waals surface area contributed by atoms with Crippen molar-refractivity contribution in [2.75, 3.05) is 19.5 Å². The van der Waals surface area contributed by atoms with E-state index in [-0.39, 0.29) is 11.3 Å². The molecule has 0 saturated carbocycles. The Balaban J connectivity index is 1.53. The number of halogens is 3. The van der Waals surface area contributed by atoms with E-state index in [2.05, 4.69) is 15.0 Å². The predicted molar refractivity (Wildman–Crippen MR) is 119 cm³/mol. The van der Waals surface area contributed by atoms with Gasteiger partial charge in [-0.05, 0) is 60.7 Å². The van der Waals surface area contributed by atoms with Crippen LogP contribution in [0.25, 0.3) is 20.8 Å². The third-order valence-corrected chi connectivity index (χ3v) is 5.70. The summed E-state index contributed by atoms with van der Waals surface area (Å²) in [6.07, 6.45) is -4.87. The number of carbonyl (C=O) groups is 1. The van der Waals surface area contributed by atoms with Gasteiger partial charge in [-0.2, -0.15) is 0 Å². The van der Waals surface area contributed by atoms with Crippen molar-refractivity contribution in [1.29, 1.82) is 0 Å². The Morgan fingerprint density at radius 3 is 2.33 bits per heavy atom. The van der Waals surface area contributed by atoms with E-state index >= 15 is 0 Å². The van der Waals surface area contributed by atoms with Crippen LogP contribution in [-0.4, -0.2) is 31.5 Å². The minimum absolute atomic E-state index is 0.0940. The molecule has 3 aromatic carbocycles. The van der Waals surface area contributed by atoms with Crippen molar-refractivity contribution in [3.63, 3.8) is 0 Å². The zero-order chi connectivity index (χ0) is 23.6. The zero-order valence-corrected chi connectivity index (χ0v) is 18.2. The number of benzene rings is 3. The van der Waals surface area contributed by atoms with E-state index in [0.29, 0.717) is 5.69 Å². The Morgan fingerprint density at radius 1 is 0.939 bits per heavy atom. The molecule has 4 rings (SSSR count). The molecule has 1 aromatic heterocycles. The van der Waals surface area contributed by atoms with Crippen LogP contribution in [-0.2, 0) is 0 Å². The number of hydrogen-bond donors (Lipinski definition) is 1. The number of aromatic nitrogens is 1. The fourth-order valence-corrected chi connectivity index (χ4v) is 4.11. The second-order valence-electron chi connectivity index (χ2n) is 6.79. The highest BCUT2D eigenvalue weighted by molar-refractivity contribution is 7.21. The molecule has 33 heavy (non-hydrogen) atoms. The normalized spacial score (nSPS) is 11.3. The van der Waals surface area contributed by atoms with Gasteiger partial charge in [0.15, 0.2) is 0 Å². The van der Waals surface area contributed by atoms with Gasteiger partial charge in [0.1, 0.15) is 22.3 Å². The van der Waals surface area contributed by atoms with Crippen LogP contribution < -0.4 is 19.5 Å². The number of amides is 1. The highest BCUT2D eigenvalue weighted by Crippen LogP contribution is 2.33. The monoisotopic (exact) mass is 474 g/mol. The van der Waals surface area contributed by atoms with Gasteiger partial charge >= 0.3 is 6.36 Å². The number of carbonyl (C=O) groups excluding carboxylic acids is 1. The molecule has 0 fully saturated rings. The van der Waals surface area contributed by atoms with Gasteiger partial charge in [-0.3, -0.25) is 4.79 Å². The second kappa shape index (κ2) is 8.99. The topological polar surface area (TPSA) is 69.7 Å². The lowest BCUT2D eigenvalue weighted by atomic mass is 10.1. The molecular weight excluding hydrogens is 457 g/mol. The van der Waals surface area contributed by atoms with Crippen LogP contribution in [0.2, 0.25) is 0 Å². The van der Waals surface area contributed by atoms with Crippen molar-refractivity contribution < 1.29 is 32.2 Å². The maximum atomic E-state index is 12.7. The molecule has 1 heterocycles. The predicted octanol–water partition coefficient (Wildman–Crippen LogP) is 6.13. The highest BCUT2D eigenvalue weighted by Gasteiger charge is 2.31. The Labute approximate surface area is 190 Å². The van der Waals surface area contributed by atoms with Gasteiger partial charge in [-0.1, -0.05) is 0 Å². The van der Waals surface area contributed by atoms with Crippen molar-refractivity contribution in [2.24, 2.45) is 0 Å². The third kappa shape index (κ3) is 5.17. The van der Waals surface area contributed by atoms with Gasteiger partial charge in [0.2, 0.25) is 0 Å². The third-order valence-electron chi connectivity index (χ3n) is 4.63. The summed E-state index contributed by atoms with van der Waals surface area (Å²) in [5.41, 5.74) is 2.06. The maximum Gasteiger partial charge on any atom is 0.573 e. The van der Waals surface area contributed by atoms with Crippen molar-refractivity contribution in [3.8, 4) is 27.8 Å². The Kier molecular flexibility index (Phi) is 6.10. The molecule has 6 nitrogen and oxygen atoms in total. The van der Waals surface area contributed by atoms with Crippen LogP contribution in [0.3, 0.4) is 0 Å². The molecule has 0 aliphatic carbocycles. The van der Waals surface area contributed by atoms with Crippen LogP contribution in [0.1, 0.15) is 10.4 Å². The molecule has 0 radical (unpaired) electrons. The molecule has 0 bridgehead atoms. The molecule has 0 unspecified atom stereocenters. The fourth-order valence-electron chi connectivity index (χ4n) is 3.11. The van der Waals surface area contributed by atoms with Gasteiger partial charge in [-0.25, -0.2) is 4.98 Å². The van der Waals surface area contributed by atoms with E-state index in [1.807, 2.05) is 18.2 Å². The van der Waals surface area contributed by atoms with Gasteiger partial charge in [0.25, 0.3) is 5.91 Å². The Hall–Kier alpha value is -3.79. The van der Waals surface area contributed by atoms with E-state index in [0.717, 1.165) is 38.7 Å². The summed E-state index contributed by atoms with van der Waals surface area (Å²) in [5, 5.41) is 3.45. The number of methoxy groups -OCH3 is 2. The van der Waals surface area contributed by atoms with Crippen molar-refractivity contribution >= 4 is 33.1 Å². The number of hydrogen-bond acceptors (Lipinski definition) is 6. The number of nitrogens with zero attached hydrogens (tertiary/aromatic N) is 1. The number of nitrogens with one attached hydrogen (secondary N) is 1. The van der Waals surface area contributed by atoms with Gasteiger partial charge in [0, 0.05) is 11.3 Å². The molecule has 0 saturated heterocycles. The molecule has 0 atom stereocenters. The largest absolute Gasteiger partial charge is 0.573 e. The lowest BCUT2D eigenvalue weighted by Crippen LogP contribution is -2.18. The van der Waals surface area contributed by atoms with E-state index in [1.54, 1.807) is 31.4 Å². The Morgan fingerprint density at radius 2 is 1.67 bits per heavy atom. The van der Waals surface area contributed by atoms with E-state index in [4.69, 9.17) is 9.47 Å². The number of rotatable bonds is 6. The average Bonchev–Trinajstić information content (AvgIpc) is 3.21. The van der Waals surface area contributed by atoms with Gasteiger partial charge in [-0.15, -0.1) is 24.5 Å². The molecule has 1 N–H and O–H groups in total. The molecule has 0 aliphatic heterocycles. The second-order valence-corrected chi connectivity index (χ2v) is 7.82. The first-order chi connectivity index (χ1) is 15.8. The first kappa shape index (κ1) is 22.4. The van der Waals surface area contributed by atoms with Crippen molar-refractivity contribution in [2.45, 2.75) is 6.36 Å². The quantitative estimate of drug-likeness (QED) is 0.364. The molecule has 170 valence electrons. The summed E-state index contributed by atoms with van der Waals surface area (Å²) < 4.78 is 52.8. The van der Waals surface area contributed by atoms with Gasteiger partial charge < -0.3 is 19.5 Å². The molecule has 4 aromatic rings. The van der Waals surface area contributed by atoms with Gasteiger partial charge in [0.05, 0.1) is 30.0 Å². The van der Waals surface area contributed by atoms with E-state index in [9.17, 15) is 18.0 Å². The molecule has 0 spiro atoms. The number of thiazole rings is 1. The first-order valence-electron chi connectivity index (χ1n) is 9.56.